The summed E-state index contributed by atoms with van der Waals surface area (Å²) in [6, 6.07) is 8.40. The molecule has 0 aliphatic carbocycles. The fourth-order valence-corrected chi connectivity index (χ4v) is 2.79. The lowest BCUT2D eigenvalue weighted by atomic mass is 10.1. The van der Waals surface area contributed by atoms with Crippen molar-refractivity contribution in [3.05, 3.63) is 64.8 Å². The quantitative estimate of drug-likeness (QED) is 0.559. The van der Waals surface area contributed by atoms with Crippen LogP contribution in [0.25, 0.3) is 10.9 Å². The summed E-state index contributed by atoms with van der Waals surface area (Å²) >= 11 is 5.78. The molecule has 29 heavy (non-hydrogen) atoms. The number of hydrogen-bond acceptors (Lipinski definition) is 3. The lowest BCUT2D eigenvalue weighted by Gasteiger charge is -2.11. The second kappa shape index (κ2) is 8.04. The van der Waals surface area contributed by atoms with Crippen LogP contribution in [0.1, 0.15) is 22.8 Å². The molecule has 3 aromatic rings. The largest absolute Gasteiger partial charge is 0.462 e. The van der Waals surface area contributed by atoms with Crippen LogP contribution < -0.4 is 10.7 Å². The maximum atomic E-state index is 13.1. The van der Waals surface area contributed by atoms with E-state index in [2.05, 4.69) is 10.7 Å². The first-order valence-electron chi connectivity index (χ1n) is 8.42. The number of nitrogens with one attached hydrogen (secondary N) is 2. The monoisotopic (exact) mass is 425 g/mol. The molecule has 0 radical (unpaired) electrons. The minimum atomic E-state index is -4.58. The summed E-state index contributed by atoms with van der Waals surface area (Å²) < 4.78 is 45.3. The standard InChI is InChI=1S/C19H15ClF3N3O3/c1-2-29-17(27)15-10-26(16-9-11(19(21,22)23)3-8-14(15)16)25-18(28)24-13-6-4-12(20)5-7-13/h3-10H,2H2,1H3,(H2,24,25,28). The van der Waals surface area contributed by atoms with Gasteiger partial charge in [-0.1, -0.05) is 17.7 Å². The first-order valence-corrected chi connectivity index (χ1v) is 8.80. The molecular weight excluding hydrogens is 411 g/mol. The van der Waals surface area contributed by atoms with Gasteiger partial charge in [0.25, 0.3) is 0 Å². The van der Waals surface area contributed by atoms with Crippen LogP contribution in [0, 0.1) is 0 Å². The number of halogens is 4. The highest BCUT2D eigenvalue weighted by atomic mass is 35.5. The summed E-state index contributed by atoms with van der Waals surface area (Å²) in [6.07, 6.45) is -3.37. The Kier molecular flexibility index (Phi) is 5.69. The van der Waals surface area contributed by atoms with Gasteiger partial charge in [-0.3, -0.25) is 4.68 Å². The lowest BCUT2D eigenvalue weighted by Crippen LogP contribution is -2.27. The SMILES string of the molecule is CCOC(=O)c1cn(NC(=O)Nc2ccc(Cl)cc2)c2cc(C(F)(F)F)ccc12. The van der Waals surface area contributed by atoms with E-state index < -0.39 is 23.7 Å². The zero-order valence-corrected chi connectivity index (χ0v) is 15.8. The highest BCUT2D eigenvalue weighted by molar-refractivity contribution is 6.30. The Morgan fingerprint density at radius 2 is 1.83 bits per heavy atom. The number of hydrogen-bond donors (Lipinski definition) is 2. The molecule has 0 aliphatic heterocycles. The maximum absolute atomic E-state index is 13.1. The summed E-state index contributed by atoms with van der Waals surface area (Å²) in [5, 5.41) is 3.21. The molecule has 2 aromatic carbocycles. The van der Waals surface area contributed by atoms with E-state index in [1.807, 2.05) is 0 Å². The number of carbonyl (C=O) groups excluding carboxylic acids is 2. The Hall–Kier alpha value is -3.20. The third kappa shape index (κ3) is 4.62. The molecule has 0 atom stereocenters. The van der Waals surface area contributed by atoms with Crippen molar-refractivity contribution in [1.82, 2.24) is 4.68 Å². The fraction of sp³-hybridized carbons (Fsp3) is 0.158. The van der Waals surface area contributed by atoms with Gasteiger partial charge >= 0.3 is 18.2 Å². The summed E-state index contributed by atoms with van der Waals surface area (Å²) in [7, 11) is 0. The van der Waals surface area contributed by atoms with Crippen molar-refractivity contribution >= 4 is 40.2 Å². The molecule has 0 aliphatic rings. The first-order chi connectivity index (χ1) is 13.7. The van der Waals surface area contributed by atoms with E-state index in [0.717, 1.165) is 16.8 Å². The molecule has 152 valence electrons. The van der Waals surface area contributed by atoms with Crippen molar-refractivity contribution in [2.75, 3.05) is 17.3 Å². The average Bonchev–Trinajstić information content (AvgIpc) is 3.01. The summed E-state index contributed by atoms with van der Waals surface area (Å²) in [4.78, 5) is 24.4. The highest BCUT2D eigenvalue weighted by Crippen LogP contribution is 2.33. The van der Waals surface area contributed by atoms with Crippen molar-refractivity contribution in [1.29, 1.82) is 0 Å². The van der Waals surface area contributed by atoms with Crippen molar-refractivity contribution in [3.63, 3.8) is 0 Å². The van der Waals surface area contributed by atoms with Crippen LogP contribution in [0.5, 0.6) is 0 Å². The molecule has 0 bridgehead atoms. The number of carbonyl (C=O) groups is 2. The van der Waals surface area contributed by atoms with E-state index in [1.165, 1.54) is 12.3 Å². The number of urea groups is 1. The number of esters is 1. The summed E-state index contributed by atoms with van der Waals surface area (Å²) in [5.41, 5.74) is 1.93. The van der Waals surface area contributed by atoms with Crippen LogP contribution in [-0.4, -0.2) is 23.3 Å². The molecule has 0 fully saturated rings. The number of rotatable bonds is 4. The van der Waals surface area contributed by atoms with Gasteiger partial charge in [0, 0.05) is 22.3 Å². The topological polar surface area (TPSA) is 72.4 Å². The Morgan fingerprint density at radius 1 is 1.14 bits per heavy atom. The predicted molar refractivity (Wildman–Crippen MR) is 103 cm³/mol. The molecular formula is C19H15ClF3N3O3. The molecule has 0 unspecified atom stereocenters. The van der Waals surface area contributed by atoms with Crippen LogP contribution in [0.15, 0.2) is 48.7 Å². The molecule has 6 nitrogen and oxygen atoms in total. The van der Waals surface area contributed by atoms with Gasteiger partial charge in [-0.2, -0.15) is 13.2 Å². The van der Waals surface area contributed by atoms with Gasteiger partial charge < -0.3 is 10.1 Å². The first kappa shape index (κ1) is 20.5. The predicted octanol–water partition coefficient (Wildman–Crippen LogP) is 5.27. The Balaban J connectivity index is 1.97. The normalized spacial score (nSPS) is 11.3. The zero-order chi connectivity index (χ0) is 21.2. The van der Waals surface area contributed by atoms with Crippen LogP contribution in [0.3, 0.4) is 0 Å². The molecule has 0 spiro atoms. The molecule has 10 heteroatoms. The second-order valence-corrected chi connectivity index (χ2v) is 6.37. The molecule has 3 rings (SSSR count). The lowest BCUT2D eigenvalue weighted by molar-refractivity contribution is -0.137. The van der Waals surface area contributed by atoms with E-state index >= 15 is 0 Å². The minimum absolute atomic E-state index is 0.00543. The van der Waals surface area contributed by atoms with E-state index in [0.29, 0.717) is 10.7 Å². The third-order valence-electron chi connectivity index (χ3n) is 3.95. The molecule has 0 saturated heterocycles. The number of nitrogens with zero attached hydrogens (tertiary/aromatic N) is 1. The summed E-state index contributed by atoms with van der Waals surface area (Å²) in [5.74, 6) is -0.712. The molecule has 1 aromatic heterocycles. The zero-order valence-electron chi connectivity index (χ0n) is 15.0. The van der Waals surface area contributed by atoms with Gasteiger partial charge in [0.15, 0.2) is 0 Å². The number of aromatic nitrogens is 1. The highest BCUT2D eigenvalue weighted by Gasteiger charge is 2.31. The van der Waals surface area contributed by atoms with Crippen LogP contribution in [0.4, 0.5) is 23.7 Å². The molecule has 2 amide bonds. The molecule has 1 heterocycles. The van der Waals surface area contributed by atoms with Crippen molar-refractivity contribution in [2.45, 2.75) is 13.1 Å². The second-order valence-electron chi connectivity index (χ2n) is 5.94. The number of amides is 2. The maximum Gasteiger partial charge on any atom is 0.416 e. The van der Waals surface area contributed by atoms with Crippen molar-refractivity contribution in [2.24, 2.45) is 0 Å². The van der Waals surface area contributed by atoms with E-state index in [9.17, 15) is 22.8 Å². The fourth-order valence-electron chi connectivity index (χ4n) is 2.67. The molecule has 2 N–H and O–H groups in total. The van der Waals surface area contributed by atoms with Gasteiger partial charge in [0.05, 0.1) is 23.3 Å². The van der Waals surface area contributed by atoms with Crippen LogP contribution in [-0.2, 0) is 10.9 Å². The number of alkyl halides is 3. The summed E-state index contributed by atoms with van der Waals surface area (Å²) in [6.45, 7) is 1.70. The minimum Gasteiger partial charge on any atom is -0.462 e. The van der Waals surface area contributed by atoms with Gasteiger partial charge in [0.1, 0.15) is 0 Å². The Morgan fingerprint density at radius 3 is 2.45 bits per heavy atom. The van der Waals surface area contributed by atoms with Crippen LogP contribution >= 0.6 is 11.6 Å². The van der Waals surface area contributed by atoms with Crippen LogP contribution in [0.2, 0.25) is 5.02 Å². The number of fused-ring (bicyclic) bond motifs is 1. The van der Waals surface area contributed by atoms with E-state index in [-0.39, 0.29) is 23.1 Å². The van der Waals surface area contributed by atoms with Crippen molar-refractivity contribution in [3.8, 4) is 0 Å². The van der Waals surface area contributed by atoms with E-state index in [1.54, 1.807) is 31.2 Å². The van der Waals surface area contributed by atoms with Crippen molar-refractivity contribution < 1.29 is 27.5 Å². The Labute approximate surface area is 168 Å². The van der Waals surface area contributed by atoms with Gasteiger partial charge in [-0.15, -0.1) is 0 Å². The van der Waals surface area contributed by atoms with Gasteiger partial charge in [-0.05, 0) is 43.3 Å². The number of anilines is 1. The smallest absolute Gasteiger partial charge is 0.416 e. The average molecular weight is 426 g/mol. The number of ether oxygens (including phenoxy) is 1. The van der Waals surface area contributed by atoms with E-state index in [4.69, 9.17) is 16.3 Å². The number of benzene rings is 2. The van der Waals surface area contributed by atoms with Gasteiger partial charge in [-0.25, -0.2) is 15.0 Å². The third-order valence-corrected chi connectivity index (χ3v) is 4.20. The molecule has 0 saturated carbocycles. The van der Waals surface area contributed by atoms with Gasteiger partial charge in [0.2, 0.25) is 0 Å². The Bertz CT molecular complexity index is 1060.